The summed E-state index contributed by atoms with van der Waals surface area (Å²) in [4.78, 5) is 5.18. The van der Waals surface area contributed by atoms with Crippen LogP contribution in [0.3, 0.4) is 0 Å². The maximum Gasteiger partial charge on any atom is 0.0709 e. The lowest BCUT2D eigenvalue weighted by Gasteiger charge is -2.07. The van der Waals surface area contributed by atoms with Crippen LogP contribution in [-0.4, -0.2) is 4.98 Å². The van der Waals surface area contributed by atoms with Gasteiger partial charge in [-0.05, 0) is 83.9 Å². The van der Waals surface area contributed by atoms with Crippen molar-refractivity contribution in [2.24, 2.45) is 0 Å². The van der Waals surface area contributed by atoms with E-state index in [1.807, 2.05) is 34.0 Å². The molecule has 0 radical (unpaired) electrons. The van der Waals surface area contributed by atoms with Gasteiger partial charge in [0.25, 0.3) is 0 Å². The first-order chi connectivity index (χ1) is 22.2. The molecule has 6 aromatic carbocycles. The van der Waals surface area contributed by atoms with Gasteiger partial charge in [-0.3, -0.25) is 0 Å². The van der Waals surface area contributed by atoms with Crippen LogP contribution in [0.5, 0.6) is 0 Å². The van der Waals surface area contributed by atoms with Crippen molar-refractivity contribution in [1.82, 2.24) is 4.98 Å². The Balaban J connectivity index is 1.07. The summed E-state index contributed by atoms with van der Waals surface area (Å²) >= 11 is 5.58. The smallest absolute Gasteiger partial charge is 0.0709 e. The molecule has 4 aromatic heterocycles. The molecule has 0 spiro atoms. The van der Waals surface area contributed by atoms with Gasteiger partial charge in [-0.1, -0.05) is 66.7 Å². The van der Waals surface area contributed by atoms with E-state index in [4.69, 9.17) is 4.98 Å². The number of benzene rings is 6. The third-order valence-corrected chi connectivity index (χ3v) is 12.4. The first-order valence-corrected chi connectivity index (χ1v) is 17.5. The molecule has 0 N–H and O–H groups in total. The van der Waals surface area contributed by atoms with E-state index in [9.17, 15) is 0 Å². The fraction of sp³-hybridized carbons (Fsp3) is 0. The Bertz CT molecular complexity index is 2780. The summed E-state index contributed by atoms with van der Waals surface area (Å²) in [5, 5.41) is 7.87. The zero-order valence-corrected chi connectivity index (χ0v) is 26.4. The molecule has 0 saturated carbocycles. The quantitative estimate of drug-likeness (QED) is 0.190. The van der Waals surface area contributed by atoms with Gasteiger partial charge in [0, 0.05) is 71.6 Å². The zero-order valence-electron chi connectivity index (χ0n) is 24.0. The molecule has 0 aliphatic heterocycles. The van der Waals surface area contributed by atoms with Crippen LogP contribution in [-0.2, 0) is 0 Å². The molecule has 0 saturated heterocycles. The van der Waals surface area contributed by atoms with Crippen LogP contribution < -0.4 is 0 Å². The molecule has 45 heavy (non-hydrogen) atoms. The Morgan fingerprint density at radius 2 is 0.644 bits per heavy atom. The highest BCUT2D eigenvalue weighted by atomic mass is 32.1. The minimum atomic E-state index is 0.995. The second-order valence-electron chi connectivity index (χ2n) is 11.6. The summed E-state index contributed by atoms with van der Waals surface area (Å²) in [5.74, 6) is 0. The number of fused-ring (bicyclic) bond motifs is 9. The van der Waals surface area contributed by atoms with Crippen molar-refractivity contribution in [2.75, 3.05) is 0 Å². The third-order valence-electron chi connectivity index (χ3n) is 8.90. The molecular formula is C41H23NS3. The Morgan fingerprint density at radius 3 is 1.11 bits per heavy atom. The molecule has 0 amide bonds. The SMILES string of the molecule is c1cc(-c2ccc3sc4ccccc4c3c2)nc(-c2ccc3sc4ccc(-c5ccc6sc7ccccc7c6c5)cc4c3c2)c1. The maximum absolute atomic E-state index is 5.18. The van der Waals surface area contributed by atoms with Gasteiger partial charge >= 0.3 is 0 Å². The molecule has 0 bridgehead atoms. The van der Waals surface area contributed by atoms with Crippen molar-refractivity contribution >= 4 is 94.5 Å². The van der Waals surface area contributed by atoms with E-state index in [2.05, 4.69) is 140 Å². The van der Waals surface area contributed by atoms with E-state index in [1.54, 1.807) is 0 Å². The predicted octanol–water partition coefficient (Wildman–Crippen LogP) is 13.2. The van der Waals surface area contributed by atoms with Crippen LogP contribution in [0.2, 0.25) is 0 Å². The summed E-state index contributed by atoms with van der Waals surface area (Å²) in [6.45, 7) is 0. The fourth-order valence-electron chi connectivity index (χ4n) is 6.66. The van der Waals surface area contributed by atoms with Crippen LogP contribution in [0, 0.1) is 0 Å². The average molecular weight is 626 g/mol. The van der Waals surface area contributed by atoms with Gasteiger partial charge in [-0.15, -0.1) is 34.0 Å². The lowest BCUT2D eigenvalue weighted by molar-refractivity contribution is 1.33. The molecule has 1 nitrogen and oxygen atoms in total. The summed E-state index contributed by atoms with van der Waals surface area (Å²) in [7, 11) is 0. The predicted molar refractivity (Wildman–Crippen MR) is 199 cm³/mol. The number of hydrogen-bond donors (Lipinski definition) is 0. The monoisotopic (exact) mass is 625 g/mol. The van der Waals surface area contributed by atoms with Crippen molar-refractivity contribution < 1.29 is 0 Å². The minimum Gasteiger partial charge on any atom is -0.248 e. The first kappa shape index (κ1) is 25.5. The normalized spacial score (nSPS) is 12.0. The lowest BCUT2D eigenvalue weighted by Crippen LogP contribution is -1.88. The highest BCUT2D eigenvalue weighted by Crippen LogP contribution is 2.41. The van der Waals surface area contributed by atoms with Gasteiger partial charge in [-0.25, -0.2) is 4.98 Å². The van der Waals surface area contributed by atoms with Crippen LogP contribution >= 0.6 is 34.0 Å². The van der Waals surface area contributed by atoms with Gasteiger partial charge in [-0.2, -0.15) is 0 Å². The Morgan fingerprint density at radius 1 is 0.289 bits per heavy atom. The summed E-state index contributed by atoms with van der Waals surface area (Å²) in [6, 6.07) is 51.1. The average Bonchev–Trinajstić information content (AvgIpc) is 3.78. The number of aromatic nitrogens is 1. The largest absolute Gasteiger partial charge is 0.248 e. The number of nitrogens with zero attached hydrogens (tertiary/aromatic N) is 1. The van der Waals surface area contributed by atoms with Crippen molar-refractivity contribution in [3.05, 3.63) is 140 Å². The number of pyridine rings is 1. The summed E-state index contributed by atoms with van der Waals surface area (Å²) in [6.07, 6.45) is 0. The van der Waals surface area contributed by atoms with E-state index < -0.39 is 0 Å². The molecule has 10 rings (SSSR count). The van der Waals surface area contributed by atoms with E-state index in [1.165, 1.54) is 71.6 Å². The first-order valence-electron chi connectivity index (χ1n) is 15.0. The van der Waals surface area contributed by atoms with Crippen LogP contribution in [0.15, 0.2) is 140 Å². The van der Waals surface area contributed by atoms with Crippen LogP contribution in [0.4, 0.5) is 0 Å². The molecule has 0 atom stereocenters. The van der Waals surface area contributed by atoms with Gasteiger partial charge < -0.3 is 0 Å². The molecule has 210 valence electrons. The Hall–Kier alpha value is -4.87. The lowest BCUT2D eigenvalue weighted by atomic mass is 10.00. The van der Waals surface area contributed by atoms with E-state index >= 15 is 0 Å². The van der Waals surface area contributed by atoms with E-state index in [0.29, 0.717) is 0 Å². The Kier molecular flexibility index (Phi) is 5.55. The van der Waals surface area contributed by atoms with Crippen molar-refractivity contribution in [1.29, 1.82) is 0 Å². The summed E-state index contributed by atoms with van der Waals surface area (Å²) < 4.78 is 7.93. The number of thiophene rings is 3. The third kappa shape index (κ3) is 4.07. The second kappa shape index (κ2) is 9.82. The fourth-order valence-corrected chi connectivity index (χ4v) is 9.90. The highest BCUT2D eigenvalue weighted by molar-refractivity contribution is 7.26. The maximum atomic E-state index is 5.18. The molecular weight excluding hydrogens is 603 g/mol. The molecule has 0 aliphatic rings. The molecule has 0 fully saturated rings. The van der Waals surface area contributed by atoms with Crippen molar-refractivity contribution in [2.45, 2.75) is 0 Å². The van der Waals surface area contributed by atoms with Crippen molar-refractivity contribution in [3.63, 3.8) is 0 Å². The zero-order chi connectivity index (χ0) is 29.5. The highest BCUT2D eigenvalue weighted by Gasteiger charge is 2.13. The van der Waals surface area contributed by atoms with E-state index in [-0.39, 0.29) is 0 Å². The Labute approximate surface area is 271 Å². The molecule has 10 aromatic rings. The second-order valence-corrected chi connectivity index (χ2v) is 14.8. The topological polar surface area (TPSA) is 12.9 Å². The number of rotatable bonds is 3. The van der Waals surface area contributed by atoms with Crippen molar-refractivity contribution in [3.8, 4) is 33.6 Å². The molecule has 0 unspecified atom stereocenters. The summed E-state index contributed by atoms with van der Waals surface area (Å²) in [5.41, 5.74) is 6.79. The minimum absolute atomic E-state index is 0.995. The van der Waals surface area contributed by atoms with Crippen LogP contribution in [0.25, 0.3) is 94.2 Å². The van der Waals surface area contributed by atoms with Gasteiger partial charge in [0.05, 0.1) is 11.4 Å². The number of hydrogen-bond acceptors (Lipinski definition) is 4. The molecule has 4 heterocycles. The molecule has 4 heteroatoms. The van der Waals surface area contributed by atoms with Gasteiger partial charge in [0.15, 0.2) is 0 Å². The van der Waals surface area contributed by atoms with Gasteiger partial charge in [0.1, 0.15) is 0 Å². The standard InChI is InChI=1S/C41H23NS3/c1-3-10-36-28(6-1)30-20-24(12-16-38(30)43-36)25-13-17-40-32(21-25)33-23-27(15-19-41(33)45-40)35-9-5-8-34(42-35)26-14-18-39-31(22-26)29-7-2-4-11-37(29)44-39/h1-23H. The van der Waals surface area contributed by atoms with Gasteiger partial charge in [0.2, 0.25) is 0 Å². The van der Waals surface area contributed by atoms with E-state index in [0.717, 1.165) is 22.5 Å². The van der Waals surface area contributed by atoms with Crippen LogP contribution in [0.1, 0.15) is 0 Å². The molecule has 0 aliphatic carbocycles.